The van der Waals surface area contributed by atoms with Crippen LogP contribution in [0.4, 0.5) is 0 Å². The highest BCUT2D eigenvalue weighted by Crippen LogP contribution is 2.28. The number of fused-ring (bicyclic) bond motifs is 1. The third-order valence-corrected chi connectivity index (χ3v) is 4.15. The van der Waals surface area contributed by atoms with Gasteiger partial charge in [0.2, 0.25) is 0 Å². The zero-order valence-electron chi connectivity index (χ0n) is 12.9. The van der Waals surface area contributed by atoms with Gasteiger partial charge in [0, 0.05) is 16.6 Å². The van der Waals surface area contributed by atoms with Crippen molar-refractivity contribution in [2.45, 2.75) is 39.5 Å². The minimum Gasteiger partial charge on any atom is -0.354 e. The van der Waals surface area contributed by atoms with Crippen molar-refractivity contribution in [3.05, 3.63) is 59.7 Å². The summed E-state index contributed by atoms with van der Waals surface area (Å²) in [5, 5.41) is 1.35. The van der Waals surface area contributed by atoms with Crippen LogP contribution in [0.2, 0.25) is 0 Å². The molecule has 0 bridgehead atoms. The fourth-order valence-electron chi connectivity index (χ4n) is 2.96. The third kappa shape index (κ3) is 2.87. The zero-order valence-corrected chi connectivity index (χ0v) is 12.9. The molecule has 3 aromatic rings. The first-order chi connectivity index (χ1) is 10.3. The summed E-state index contributed by atoms with van der Waals surface area (Å²) < 4.78 is 0. The standard InChI is InChI=1S/C20H23N/c1-3-5-9-15-12-16(4-2)20-18(13-15)14-19(21-20)17-10-7-6-8-11-17/h6-8,10-14,21H,3-5,9H2,1-2H3. The molecule has 21 heavy (non-hydrogen) atoms. The Balaban J connectivity index is 2.07. The molecule has 0 amide bonds. The van der Waals surface area contributed by atoms with E-state index in [9.17, 15) is 0 Å². The van der Waals surface area contributed by atoms with E-state index in [1.807, 2.05) is 0 Å². The van der Waals surface area contributed by atoms with E-state index in [0.29, 0.717) is 0 Å². The second-order valence-electron chi connectivity index (χ2n) is 5.73. The summed E-state index contributed by atoms with van der Waals surface area (Å²) >= 11 is 0. The van der Waals surface area contributed by atoms with Crippen LogP contribution in [-0.2, 0) is 12.8 Å². The number of unbranched alkanes of at least 4 members (excludes halogenated alkanes) is 1. The van der Waals surface area contributed by atoms with E-state index in [-0.39, 0.29) is 0 Å². The highest BCUT2D eigenvalue weighted by atomic mass is 14.7. The van der Waals surface area contributed by atoms with E-state index >= 15 is 0 Å². The molecule has 1 N–H and O–H groups in total. The molecule has 1 nitrogen and oxygen atoms in total. The highest BCUT2D eigenvalue weighted by Gasteiger charge is 2.08. The Morgan fingerprint density at radius 1 is 0.952 bits per heavy atom. The average molecular weight is 277 g/mol. The summed E-state index contributed by atoms with van der Waals surface area (Å²) in [6.07, 6.45) is 4.78. The highest BCUT2D eigenvalue weighted by molar-refractivity contribution is 5.89. The Labute approximate surface area is 127 Å². The fraction of sp³-hybridized carbons (Fsp3) is 0.300. The maximum absolute atomic E-state index is 3.61. The van der Waals surface area contributed by atoms with Gasteiger partial charge >= 0.3 is 0 Å². The number of aryl methyl sites for hydroxylation is 2. The number of nitrogens with one attached hydrogen (secondary N) is 1. The summed E-state index contributed by atoms with van der Waals surface area (Å²) in [7, 11) is 0. The second-order valence-corrected chi connectivity index (χ2v) is 5.73. The predicted octanol–water partition coefficient (Wildman–Crippen LogP) is 5.74. The van der Waals surface area contributed by atoms with Gasteiger partial charge in [0.05, 0.1) is 0 Å². The number of aromatic amines is 1. The van der Waals surface area contributed by atoms with Crippen LogP contribution >= 0.6 is 0 Å². The van der Waals surface area contributed by atoms with Crippen LogP contribution in [0.3, 0.4) is 0 Å². The summed E-state index contributed by atoms with van der Waals surface area (Å²) in [5.74, 6) is 0. The molecule has 108 valence electrons. The lowest BCUT2D eigenvalue weighted by atomic mass is 10.0. The number of rotatable bonds is 5. The van der Waals surface area contributed by atoms with Crippen LogP contribution in [0.15, 0.2) is 48.5 Å². The van der Waals surface area contributed by atoms with E-state index < -0.39 is 0 Å². The molecule has 1 aromatic heterocycles. The molecule has 1 heteroatoms. The molecule has 0 saturated heterocycles. The van der Waals surface area contributed by atoms with Crippen LogP contribution in [0, 0.1) is 0 Å². The fourth-order valence-corrected chi connectivity index (χ4v) is 2.96. The van der Waals surface area contributed by atoms with E-state index in [1.165, 1.54) is 52.5 Å². The van der Waals surface area contributed by atoms with E-state index in [2.05, 4.69) is 67.4 Å². The second kappa shape index (κ2) is 6.17. The lowest BCUT2D eigenvalue weighted by Gasteiger charge is -2.05. The normalized spacial score (nSPS) is 11.1. The van der Waals surface area contributed by atoms with Crippen molar-refractivity contribution in [1.82, 2.24) is 4.98 Å². The number of benzene rings is 2. The summed E-state index contributed by atoms with van der Waals surface area (Å²) in [6, 6.07) is 17.6. The minimum atomic E-state index is 1.07. The van der Waals surface area contributed by atoms with E-state index in [0.717, 1.165) is 6.42 Å². The van der Waals surface area contributed by atoms with Crippen molar-refractivity contribution in [1.29, 1.82) is 0 Å². The molecule has 0 fully saturated rings. The third-order valence-electron chi connectivity index (χ3n) is 4.15. The van der Waals surface area contributed by atoms with Crippen molar-refractivity contribution >= 4 is 10.9 Å². The van der Waals surface area contributed by atoms with E-state index in [1.54, 1.807) is 0 Å². The van der Waals surface area contributed by atoms with Gasteiger partial charge in [-0.2, -0.15) is 0 Å². The zero-order chi connectivity index (χ0) is 14.7. The van der Waals surface area contributed by atoms with Crippen LogP contribution < -0.4 is 0 Å². The molecule has 2 aromatic carbocycles. The summed E-state index contributed by atoms with van der Waals surface area (Å²) in [6.45, 7) is 4.49. The van der Waals surface area contributed by atoms with Gasteiger partial charge in [-0.25, -0.2) is 0 Å². The Morgan fingerprint density at radius 2 is 1.76 bits per heavy atom. The van der Waals surface area contributed by atoms with Gasteiger partial charge in [-0.3, -0.25) is 0 Å². The lowest BCUT2D eigenvalue weighted by Crippen LogP contribution is -1.90. The van der Waals surface area contributed by atoms with Gasteiger partial charge < -0.3 is 4.98 Å². The molecule has 1 heterocycles. The van der Waals surface area contributed by atoms with Crippen molar-refractivity contribution < 1.29 is 0 Å². The summed E-state index contributed by atoms with van der Waals surface area (Å²) in [4.78, 5) is 3.61. The number of aromatic nitrogens is 1. The SMILES string of the molecule is CCCCc1cc(CC)c2[nH]c(-c3ccccc3)cc2c1. The molecule has 0 radical (unpaired) electrons. The maximum atomic E-state index is 3.61. The maximum Gasteiger partial charge on any atom is 0.0491 e. The Bertz CT molecular complexity index is 722. The van der Waals surface area contributed by atoms with Crippen molar-refractivity contribution in [3.63, 3.8) is 0 Å². The molecule has 3 rings (SSSR count). The van der Waals surface area contributed by atoms with Crippen LogP contribution in [0.25, 0.3) is 22.2 Å². The topological polar surface area (TPSA) is 15.8 Å². The number of hydrogen-bond acceptors (Lipinski definition) is 0. The predicted molar refractivity (Wildman–Crippen MR) is 91.7 cm³/mol. The average Bonchev–Trinajstić information content (AvgIpc) is 2.97. The monoisotopic (exact) mass is 277 g/mol. The molecule has 0 atom stereocenters. The quantitative estimate of drug-likeness (QED) is 0.612. The minimum absolute atomic E-state index is 1.07. The molecule has 0 unspecified atom stereocenters. The van der Waals surface area contributed by atoms with Gasteiger partial charge in [-0.15, -0.1) is 0 Å². The van der Waals surface area contributed by atoms with Crippen molar-refractivity contribution in [2.24, 2.45) is 0 Å². The first kappa shape index (κ1) is 13.9. The van der Waals surface area contributed by atoms with Crippen molar-refractivity contribution in [2.75, 3.05) is 0 Å². The van der Waals surface area contributed by atoms with E-state index in [4.69, 9.17) is 0 Å². The smallest absolute Gasteiger partial charge is 0.0491 e. The molecule has 0 saturated carbocycles. The lowest BCUT2D eigenvalue weighted by molar-refractivity contribution is 0.795. The Hall–Kier alpha value is -2.02. The van der Waals surface area contributed by atoms with Crippen LogP contribution in [-0.4, -0.2) is 4.98 Å². The molecule has 0 aliphatic heterocycles. The van der Waals surface area contributed by atoms with Gasteiger partial charge in [0.1, 0.15) is 0 Å². The Morgan fingerprint density at radius 3 is 2.48 bits per heavy atom. The molecular formula is C20H23N. The number of H-pyrrole nitrogens is 1. The van der Waals surface area contributed by atoms with Gasteiger partial charge in [0.15, 0.2) is 0 Å². The van der Waals surface area contributed by atoms with Crippen molar-refractivity contribution in [3.8, 4) is 11.3 Å². The van der Waals surface area contributed by atoms with Crippen LogP contribution in [0.5, 0.6) is 0 Å². The first-order valence-electron chi connectivity index (χ1n) is 8.01. The number of hydrogen-bond donors (Lipinski definition) is 1. The summed E-state index contributed by atoms with van der Waals surface area (Å²) in [5.41, 5.74) is 6.68. The molecule has 0 aliphatic rings. The largest absolute Gasteiger partial charge is 0.354 e. The Kier molecular flexibility index (Phi) is 4.10. The van der Waals surface area contributed by atoms with Gasteiger partial charge in [0.25, 0.3) is 0 Å². The molecule has 0 aliphatic carbocycles. The van der Waals surface area contributed by atoms with Gasteiger partial charge in [-0.1, -0.05) is 56.7 Å². The van der Waals surface area contributed by atoms with Gasteiger partial charge in [-0.05, 0) is 48.1 Å². The molecule has 0 spiro atoms. The first-order valence-corrected chi connectivity index (χ1v) is 8.01. The molecular weight excluding hydrogens is 254 g/mol. The van der Waals surface area contributed by atoms with Crippen LogP contribution in [0.1, 0.15) is 37.8 Å².